The van der Waals surface area contributed by atoms with E-state index >= 15 is 0 Å². The molecule has 0 saturated carbocycles. The molecule has 0 amide bonds. The number of halogens is 1. The number of aliphatic imine (C=N–C) groups is 1. The molecular formula is C24H29IN6. The van der Waals surface area contributed by atoms with Crippen LogP contribution in [0.1, 0.15) is 11.1 Å². The molecule has 1 aliphatic rings. The lowest BCUT2D eigenvalue weighted by molar-refractivity contribution is 0.793. The highest BCUT2D eigenvalue weighted by atomic mass is 127. The van der Waals surface area contributed by atoms with Crippen LogP contribution in [0, 0.1) is 0 Å². The molecule has 1 aromatic heterocycles. The summed E-state index contributed by atoms with van der Waals surface area (Å²) in [6, 6.07) is 19.1. The van der Waals surface area contributed by atoms with Gasteiger partial charge in [-0.05, 0) is 47.9 Å². The standard InChI is InChI=1S/C24H28N6.HI/c1-25-24(27-19-21-6-4-7-23(18-21)29-15-2-3-16-29)26-14-12-20-8-10-22(11-9-20)30-17-5-13-28-30;/h2-11,13,17-18H,12,14-16,19H2,1H3,(H2,25,26,27);1H. The maximum absolute atomic E-state index is 4.34. The maximum Gasteiger partial charge on any atom is 0.191 e. The molecule has 2 aromatic carbocycles. The molecule has 0 spiro atoms. The molecule has 31 heavy (non-hydrogen) atoms. The van der Waals surface area contributed by atoms with Crippen LogP contribution in [0.2, 0.25) is 0 Å². The Balaban J connectivity index is 0.00000272. The van der Waals surface area contributed by atoms with Gasteiger partial charge in [0.25, 0.3) is 0 Å². The maximum atomic E-state index is 4.34. The normalized spacial score (nSPS) is 13.2. The van der Waals surface area contributed by atoms with E-state index in [1.165, 1.54) is 16.8 Å². The van der Waals surface area contributed by atoms with E-state index in [1.807, 2.05) is 16.9 Å². The molecule has 0 aliphatic carbocycles. The van der Waals surface area contributed by atoms with E-state index in [4.69, 9.17) is 0 Å². The van der Waals surface area contributed by atoms with Gasteiger partial charge in [-0.1, -0.05) is 36.4 Å². The molecular weight excluding hydrogens is 499 g/mol. The third-order valence-corrected chi connectivity index (χ3v) is 5.19. The second kappa shape index (κ2) is 11.5. The van der Waals surface area contributed by atoms with Gasteiger partial charge >= 0.3 is 0 Å². The van der Waals surface area contributed by atoms with Gasteiger partial charge in [0.15, 0.2) is 5.96 Å². The monoisotopic (exact) mass is 528 g/mol. The number of anilines is 1. The minimum atomic E-state index is 0. The lowest BCUT2D eigenvalue weighted by atomic mass is 10.1. The molecule has 0 atom stereocenters. The number of aromatic nitrogens is 2. The Hall–Kier alpha value is -2.81. The van der Waals surface area contributed by atoms with E-state index in [0.717, 1.165) is 44.2 Å². The number of rotatable bonds is 7. The van der Waals surface area contributed by atoms with E-state index < -0.39 is 0 Å². The Morgan fingerprint density at radius 2 is 1.77 bits per heavy atom. The van der Waals surface area contributed by atoms with Gasteiger partial charge < -0.3 is 15.5 Å². The van der Waals surface area contributed by atoms with Crippen molar-refractivity contribution >= 4 is 35.6 Å². The molecule has 0 saturated heterocycles. The van der Waals surface area contributed by atoms with E-state index in [1.54, 1.807) is 13.2 Å². The third kappa shape index (κ3) is 6.33. The summed E-state index contributed by atoms with van der Waals surface area (Å²) in [5.41, 5.74) is 4.86. The largest absolute Gasteiger partial charge is 0.364 e. The van der Waals surface area contributed by atoms with E-state index in [-0.39, 0.29) is 24.0 Å². The van der Waals surface area contributed by atoms with Crippen LogP contribution in [0.25, 0.3) is 5.69 Å². The second-order valence-electron chi connectivity index (χ2n) is 7.27. The van der Waals surface area contributed by atoms with Crippen molar-refractivity contribution in [2.75, 3.05) is 31.6 Å². The SMILES string of the molecule is CN=C(NCCc1ccc(-n2cccn2)cc1)NCc1cccc(N2CC=CC2)c1.I. The predicted molar refractivity (Wildman–Crippen MR) is 139 cm³/mol. The minimum Gasteiger partial charge on any atom is -0.364 e. The second-order valence-corrected chi connectivity index (χ2v) is 7.27. The van der Waals surface area contributed by atoms with Crippen LogP contribution in [0.5, 0.6) is 0 Å². The molecule has 3 aromatic rings. The van der Waals surface area contributed by atoms with Gasteiger partial charge in [-0.3, -0.25) is 4.99 Å². The highest BCUT2D eigenvalue weighted by molar-refractivity contribution is 14.0. The molecule has 6 nitrogen and oxygen atoms in total. The summed E-state index contributed by atoms with van der Waals surface area (Å²) in [7, 11) is 1.81. The van der Waals surface area contributed by atoms with Crippen molar-refractivity contribution in [1.29, 1.82) is 0 Å². The summed E-state index contributed by atoms with van der Waals surface area (Å²) >= 11 is 0. The smallest absolute Gasteiger partial charge is 0.191 e. The van der Waals surface area contributed by atoms with Gasteiger partial charge in [0.2, 0.25) is 0 Å². The zero-order valence-electron chi connectivity index (χ0n) is 17.7. The van der Waals surface area contributed by atoms with Crippen LogP contribution in [-0.4, -0.2) is 42.4 Å². The highest BCUT2D eigenvalue weighted by Gasteiger charge is 2.08. The molecule has 2 N–H and O–H groups in total. The van der Waals surface area contributed by atoms with Crippen LogP contribution in [0.4, 0.5) is 5.69 Å². The molecule has 1 aliphatic heterocycles. The Labute approximate surface area is 201 Å². The molecule has 0 radical (unpaired) electrons. The summed E-state index contributed by atoms with van der Waals surface area (Å²) in [6.07, 6.45) is 9.08. The van der Waals surface area contributed by atoms with Crippen molar-refractivity contribution in [3.8, 4) is 5.69 Å². The fraction of sp³-hybridized carbons (Fsp3) is 0.250. The third-order valence-electron chi connectivity index (χ3n) is 5.19. The van der Waals surface area contributed by atoms with E-state index in [2.05, 4.69) is 86.3 Å². The topological polar surface area (TPSA) is 57.5 Å². The van der Waals surface area contributed by atoms with Crippen LogP contribution in [-0.2, 0) is 13.0 Å². The first kappa shape index (κ1) is 22.9. The molecule has 4 rings (SSSR count). The van der Waals surface area contributed by atoms with Crippen molar-refractivity contribution in [3.63, 3.8) is 0 Å². The van der Waals surface area contributed by atoms with Gasteiger partial charge in [0.05, 0.1) is 5.69 Å². The predicted octanol–water partition coefficient (Wildman–Crippen LogP) is 3.77. The first-order chi connectivity index (χ1) is 14.8. The summed E-state index contributed by atoms with van der Waals surface area (Å²) < 4.78 is 1.86. The van der Waals surface area contributed by atoms with Crippen LogP contribution >= 0.6 is 24.0 Å². The fourth-order valence-corrected chi connectivity index (χ4v) is 3.52. The van der Waals surface area contributed by atoms with Crippen molar-refractivity contribution in [3.05, 3.63) is 90.3 Å². The highest BCUT2D eigenvalue weighted by Crippen LogP contribution is 2.18. The van der Waals surface area contributed by atoms with Gasteiger partial charge in [-0.15, -0.1) is 24.0 Å². The Morgan fingerprint density at radius 3 is 2.48 bits per heavy atom. The molecule has 7 heteroatoms. The summed E-state index contributed by atoms with van der Waals surface area (Å²) in [4.78, 5) is 6.70. The molecule has 0 bridgehead atoms. The average Bonchev–Trinajstić information content (AvgIpc) is 3.51. The summed E-state index contributed by atoms with van der Waals surface area (Å²) in [5.74, 6) is 0.816. The van der Waals surface area contributed by atoms with Crippen LogP contribution in [0.15, 0.2) is 84.1 Å². The van der Waals surface area contributed by atoms with Crippen molar-refractivity contribution in [1.82, 2.24) is 20.4 Å². The number of benzene rings is 2. The molecule has 162 valence electrons. The average molecular weight is 528 g/mol. The van der Waals surface area contributed by atoms with Crippen molar-refractivity contribution < 1.29 is 0 Å². The van der Waals surface area contributed by atoms with E-state index in [9.17, 15) is 0 Å². The number of hydrogen-bond donors (Lipinski definition) is 2. The first-order valence-corrected chi connectivity index (χ1v) is 10.3. The number of nitrogens with one attached hydrogen (secondary N) is 2. The lowest BCUT2D eigenvalue weighted by Gasteiger charge is -2.19. The summed E-state index contributed by atoms with van der Waals surface area (Å²) in [5, 5.41) is 11.1. The lowest BCUT2D eigenvalue weighted by Crippen LogP contribution is -2.37. The Kier molecular flexibility index (Phi) is 8.52. The van der Waals surface area contributed by atoms with Crippen molar-refractivity contribution in [2.45, 2.75) is 13.0 Å². The summed E-state index contributed by atoms with van der Waals surface area (Å²) in [6.45, 7) is 3.54. The molecule has 0 unspecified atom stereocenters. The molecule has 0 fully saturated rings. The number of guanidine groups is 1. The van der Waals surface area contributed by atoms with Gasteiger partial charge in [-0.2, -0.15) is 5.10 Å². The first-order valence-electron chi connectivity index (χ1n) is 10.3. The van der Waals surface area contributed by atoms with Gasteiger partial charge in [0, 0.05) is 51.3 Å². The number of hydrogen-bond acceptors (Lipinski definition) is 3. The van der Waals surface area contributed by atoms with Crippen molar-refractivity contribution in [2.24, 2.45) is 4.99 Å². The zero-order chi connectivity index (χ0) is 20.6. The zero-order valence-corrected chi connectivity index (χ0v) is 20.1. The Morgan fingerprint density at radius 1 is 0.968 bits per heavy atom. The number of nitrogens with zero attached hydrogens (tertiary/aromatic N) is 4. The van der Waals surface area contributed by atoms with Gasteiger partial charge in [0.1, 0.15) is 0 Å². The van der Waals surface area contributed by atoms with Crippen LogP contribution in [0.3, 0.4) is 0 Å². The Bertz CT molecular complexity index is 987. The van der Waals surface area contributed by atoms with Gasteiger partial charge in [-0.25, -0.2) is 4.68 Å². The quantitative estimate of drug-likeness (QED) is 0.212. The van der Waals surface area contributed by atoms with E-state index in [0.29, 0.717) is 0 Å². The fourth-order valence-electron chi connectivity index (χ4n) is 3.52. The minimum absolute atomic E-state index is 0. The molecule has 2 heterocycles. The van der Waals surface area contributed by atoms with Crippen LogP contribution < -0.4 is 15.5 Å².